The van der Waals surface area contributed by atoms with Crippen molar-refractivity contribution in [2.45, 2.75) is 25.7 Å². The molecular formula is C21H24N2O2. The Hall–Kier alpha value is -2.36. The van der Waals surface area contributed by atoms with Crippen molar-refractivity contribution in [3.05, 3.63) is 48.0 Å². The molecule has 0 spiro atoms. The van der Waals surface area contributed by atoms with Gasteiger partial charge in [-0.3, -0.25) is 9.59 Å². The SMILES string of the molecule is CC(=O)N1CCCN(C(=O)C2CC2c2cccc3ccccc23)CC1. The lowest BCUT2D eigenvalue weighted by atomic mass is 10.00. The minimum atomic E-state index is 0.106. The minimum Gasteiger partial charge on any atom is -0.341 e. The van der Waals surface area contributed by atoms with E-state index in [1.807, 2.05) is 9.80 Å². The first kappa shape index (κ1) is 16.1. The zero-order valence-corrected chi connectivity index (χ0v) is 14.6. The van der Waals surface area contributed by atoms with Gasteiger partial charge in [0.2, 0.25) is 11.8 Å². The van der Waals surface area contributed by atoms with Crippen molar-refractivity contribution in [2.75, 3.05) is 26.2 Å². The lowest BCUT2D eigenvalue weighted by Gasteiger charge is -2.21. The topological polar surface area (TPSA) is 40.6 Å². The van der Waals surface area contributed by atoms with E-state index in [9.17, 15) is 9.59 Å². The van der Waals surface area contributed by atoms with Crippen molar-refractivity contribution in [3.63, 3.8) is 0 Å². The van der Waals surface area contributed by atoms with Gasteiger partial charge in [0.1, 0.15) is 0 Å². The molecule has 2 aromatic carbocycles. The van der Waals surface area contributed by atoms with Gasteiger partial charge in [0, 0.05) is 39.0 Å². The molecule has 25 heavy (non-hydrogen) atoms. The summed E-state index contributed by atoms with van der Waals surface area (Å²) in [4.78, 5) is 28.3. The van der Waals surface area contributed by atoms with Crippen molar-refractivity contribution < 1.29 is 9.59 Å². The molecule has 0 radical (unpaired) electrons. The van der Waals surface area contributed by atoms with Crippen LogP contribution in [0.1, 0.15) is 31.2 Å². The Kier molecular flexibility index (Phi) is 4.20. The van der Waals surface area contributed by atoms with Crippen LogP contribution >= 0.6 is 0 Å². The minimum absolute atomic E-state index is 0.106. The van der Waals surface area contributed by atoms with E-state index in [4.69, 9.17) is 0 Å². The van der Waals surface area contributed by atoms with Crippen LogP contribution in [0.4, 0.5) is 0 Å². The second kappa shape index (κ2) is 6.51. The number of hydrogen-bond donors (Lipinski definition) is 0. The molecule has 2 unspecified atom stereocenters. The highest BCUT2D eigenvalue weighted by Gasteiger charge is 2.46. The molecule has 1 aliphatic heterocycles. The summed E-state index contributed by atoms with van der Waals surface area (Å²) in [5.74, 6) is 0.818. The maximum absolute atomic E-state index is 12.9. The van der Waals surface area contributed by atoms with Crippen LogP contribution in [0.3, 0.4) is 0 Å². The molecule has 2 fully saturated rings. The van der Waals surface area contributed by atoms with Gasteiger partial charge >= 0.3 is 0 Å². The Bertz CT molecular complexity index is 811. The molecule has 2 aliphatic rings. The molecular weight excluding hydrogens is 312 g/mol. The molecule has 2 atom stereocenters. The summed E-state index contributed by atoms with van der Waals surface area (Å²) in [6, 6.07) is 14.8. The van der Waals surface area contributed by atoms with Crippen LogP contribution in [0.5, 0.6) is 0 Å². The molecule has 4 rings (SSSR count). The Labute approximate surface area is 148 Å². The first-order chi connectivity index (χ1) is 12.1. The van der Waals surface area contributed by atoms with Crippen LogP contribution in [0.2, 0.25) is 0 Å². The van der Waals surface area contributed by atoms with E-state index < -0.39 is 0 Å². The molecule has 0 N–H and O–H groups in total. The predicted octanol–water partition coefficient (Wildman–Crippen LogP) is 3.02. The number of fused-ring (bicyclic) bond motifs is 1. The van der Waals surface area contributed by atoms with Crippen LogP contribution in [-0.2, 0) is 9.59 Å². The maximum atomic E-state index is 12.9. The maximum Gasteiger partial charge on any atom is 0.226 e. The summed E-state index contributed by atoms with van der Waals surface area (Å²) in [6.45, 7) is 4.46. The smallest absolute Gasteiger partial charge is 0.226 e. The highest BCUT2D eigenvalue weighted by atomic mass is 16.2. The fourth-order valence-corrected chi connectivity index (χ4v) is 4.07. The largest absolute Gasteiger partial charge is 0.341 e. The van der Waals surface area contributed by atoms with Crippen LogP contribution in [0.15, 0.2) is 42.5 Å². The van der Waals surface area contributed by atoms with E-state index in [1.54, 1.807) is 6.92 Å². The van der Waals surface area contributed by atoms with Crippen LogP contribution in [0.25, 0.3) is 10.8 Å². The van der Waals surface area contributed by atoms with E-state index in [1.165, 1.54) is 16.3 Å². The van der Waals surface area contributed by atoms with E-state index in [0.717, 1.165) is 25.9 Å². The number of amides is 2. The van der Waals surface area contributed by atoms with Crippen LogP contribution < -0.4 is 0 Å². The van der Waals surface area contributed by atoms with Crippen LogP contribution in [-0.4, -0.2) is 47.8 Å². The van der Waals surface area contributed by atoms with Gasteiger partial charge in [-0.25, -0.2) is 0 Å². The Balaban J connectivity index is 1.47. The quantitative estimate of drug-likeness (QED) is 0.846. The van der Waals surface area contributed by atoms with Gasteiger partial charge in [0.25, 0.3) is 0 Å². The van der Waals surface area contributed by atoms with E-state index in [-0.39, 0.29) is 17.7 Å². The van der Waals surface area contributed by atoms with Crippen molar-refractivity contribution in [1.82, 2.24) is 9.80 Å². The molecule has 2 amide bonds. The molecule has 1 saturated carbocycles. The number of carbonyl (C=O) groups excluding carboxylic acids is 2. The van der Waals surface area contributed by atoms with E-state index in [2.05, 4.69) is 42.5 Å². The molecule has 4 nitrogen and oxygen atoms in total. The summed E-state index contributed by atoms with van der Waals surface area (Å²) in [5.41, 5.74) is 1.30. The zero-order valence-electron chi connectivity index (χ0n) is 14.6. The first-order valence-electron chi connectivity index (χ1n) is 9.17. The third kappa shape index (κ3) is 3.13. The molecule has 1 saturated heterocycles. The lowest BCUT2D eigenvalue weighted by Crippen LogP contribution is -2.37. The van der Waals surface area contributed by atoms with E-state index in [0.29, 0.717) is 19.0 Å². The van der Waals surface area contributed by atoms with Gasteiger partial charge in [-0.15, -0.1) is 0 Å². The number of nitrogens with zero attached hydrogens (tertiary/aromatic N) is 2. The Morgan fingerprint density at radius 1 is 0.920 bits per heavy atom. The first-order valence-corrected chi connectivity index (χ1v) is 9.17. The van der Waals surface area contributed by atoms with Crippen molar-refractivity contribution >= 4 is 22.6 Å². The highest BCUT2D eigenvalue weighted by molar-refractivity contribution is 5.89. The van der Waals surface area contributed by atoms with Gasteiger partial charge in [0.15, 0.2) is 0 Å². The molecule has 2 aromatic rings. The summed E-state index contributed by atoms with van der Waals surface area (Å²) in [5, 5.41) is 2.51. The number of hydrogen-bond acceptors (Lipinski definition) is 2. The fraction of sp³-hybridized carbons (Fsp3) is 0.429. The van der Waals surface area contributed by atoms with Crippen molar-refractivity contribution in [3.8, 4) is 0 Å². The molecule has 0 bridgehead atoms. The van der Waals surface area contributed by atoms with Crippen LogP contribution in [0, 0.1) is 5.92 Å². The molecule has 0 aromatic heterocycles. The number of carbonyl (C=O) groups is 2. The van der Waals surface area contributed by atoms with Gasteiger partial charge in [0.05, 0.1) is 0 Å². The van der Waals surface area contributed by atoms with E-state index >= 15 is 0 Å². The zero-order chi connectivity index (χ0) is 17.4. The van der Waals surface area contributed by atoms with Gasteiger partial charge < -0.3 is 9.80 Å². The number of rotatable bonds is 2. The molecule has 1 heterocycles. The Morgan fingerprint density at radius 3 is 2.48 bits per heavy atom. The van der Waals surface area contributed by atoms with Gasteiger partial charge in [-0.2, -0.15) is 0 Å². The monoisotopic (exact) mass is 336 g/mol. The second-order valence-electron chi connectivity index (χ2n) is 7.20. The van der Waals surface area contributed by atoms with Crippen molar-refractivity contribution in [2.24, 2.45) is 5.92 Å². The third-order valence-electron chi connectivity index (χ3n) is 5.58. The fourth-order valence-electron chi connectivity index (χ4n) is 4.07. The molecule has 130 valence electrons. The highest BCUT2D eigenvalue weighted by Crippen LogP contribution is 2.50. The average molecular weight is 336 g/mol. The summed E-state index contributed by atoms with van der Waals surface area (Å²) < 4.78 is 0. The average Bonchev–Trinajstić information content (AvgIpc) is 3.44. The Morgan fingerprint density at radius 2 is 1.64 bits per heavy atom. The van der Waals surface area contributed by atoms with Gasteiger partial charge in [-0.1, -0.05) is 42.5 Å². The summed E-state index contributed by atoms with van der Waals surface area (Å²) in [7, 11) is 0. The second-order valence-corrected chi connectivity index (χ2v) is 7.20. The molecule has 4 heteroatoms. The normalized spacial score (nSPS) is 23.4. The van der Waals surface area contributed by atoms with Gasteiger partial charge in [-0.05, 0) is 35.1 Å². The summed E-state index contributed by atoms with van der Waals surface area (Å²) >= 11 is 0. The van der Waals surface area contributed by atoms with Crippen molar-refractivity contribution in [1.29, 1.82) is 0 Å². The predicted molar refractivity (Wildman–Crippen MR) is 98.2 cm³/mol. The lowest BCUT2D eigenvalue weighted by molar-refractivity contribution is -0.133. The standard InChI is InChI=1S/C21H24N2O2/c1-15(24)22-10-5-11-23(13-12-22)21(25)20-14-19(20)18-9-4-7-16-6-2-3-8-17(16)18/h2-4,6-9,19-20H,5,10-14H2,1H3. The summed E-state index contributed by atoms with van der Waals surface area (Å²) in [6.07, 6.45) is 1.82. The number of benzene rings is 2. The molecule has 1 aliphatic carbocycles. The third-order valence-corrected chi connectivity index (χ3v) is 5.58.